The molecule has 0 spiro atoms. The fraction of sp³-hybridized carbons (Fsp3) is 0. The molecular weight excluding hydrogens is 575 g/mol. The van der Waals surface area contributed by atoms with Crippen LogP contribution in [0.4, 0.5) is 0 Å². The van der Waals surface area contributed by atoms with Crippen LogP contribution in [0.2, 0.25) is 0 Å². The molecule has 0 saturated carbocycles. The van der Waals surface area contributed by atoms with Gasteiger partial charge in [-0.2, -0.15) is 0 Å². The Kier molecular flexibility index (Phi) is 4.34. The molecule has 0 N–H and O–H groups in total. The molecule has 8 rings (SSSR count). The fourth-order valence-electron chi connectivity index (χ4n) is 5.46. The van der Waals surface area contributed by atoms with E-state index in [9.17, 15) is 0 Å². The predicted molar refractivity (Wildman–Crippen MR) is 165 cm³/mol. The minimum atomic E-state index is 1.28. The summed E-state index contributed by atoms with van der Waals surface area (Å²) < 4.78 is 6.77. The summed E-state index contributed by atoms with van der Waals surface area (Å²) in [5.41, 5.74) is 2.58. The van der Waals surface area contributed by atoms with Crippen LogP contribution >= 0.6 is 45.3 Å². The van der Waals surface area contributed by atoms with Crippen molar-refractivity contribution in [3.8, 4) is 11.1 Å². The van der Waals surface area contributed by atoms with Crippen LogP contribution in [0, 0.1) is 3.57 Å². The van der Waals surface area contributed by atoms with Crippen LogP contribution in [0.1, 0.15) is 0 Å². The minimum absolute atomic E-state index is 1.28. The first-order valence-electron chi connectivity index (χ1n) is 11.6. The van der Waals surface area contributed by atoms with Crippen LogP contribution in [0.15, 0.2) is 103 Å². The van der Waals surface area contributed by atoms with E-state index in [4.69, 9.17) is 0 Å². The summed E-state index contributed by atoms with van der Waals surface area (Å²) in [6.45, 7) is 0. The van der Waals surface area contributed by atoms with Crippen molar-refractivity contribution >= 4 is 107 Å². The molecule has 0 fully saturated rings. The molecule has 0 bridgehead atoms. The molecule has 35 heavy (non-hydrogen) atoms. The van der Waals surface area contributed by atoms with E-state index < -0.39 is 0 Å². The zero-order chi connectivity index (χ0) is 23.1. The van der Waals surface area contributed by atoms with Crippen molar-refractivity contribution in [3.05, 3.63) is 107 Å². The summed E-state index contributed by atoms with van der Waals surface area (Å²) in [5, 5.41) is 10.8. The fourth-order valence-corrected chi connectivity index (χ4v) is 8.45. The van der Waals surface area contributed by atoms with E-state index >= 15 is 0 Å². The number of hydrogen-bond acceptors (Lipinski definition) is 2. The molecule has 0 aliphatic heterocycles. The van der Waals surface area contributed by atoms with Crippen LogP contribution in [0.3, 0.4) is 0 Å². The van der Waals surface area contributed by atoms with Gasteiger partial charge in [0.05, 0.1) is 0 Å². The maximum absolute atomic E-state index is 2.44. The Bertz CT molecular complexity index is 2130. The monoisotopic (exact) mass is 592 g/mol. The molecular formula is C32H17IS2. The van der Waals surface area contributed by atoms with Crippen molar-refractivity contribution < 1.29 is 0 Å². The van der Waals surface area contributed by atoms with Crippen LogP contribution in [-0.4, -0.2) is 0 Å². The number of fused-ring (bicyclic) bond motifs is 9. The van der Waals surface area contributed by atoms with Gasteiger partial charge in [-0.25, -0.2) is 0 Å². The Morgan fingerprint density at radius 1 is 0.457 bits per heavy atom. The zero-order valence-electron chi connectivity index (χ0n) is 18.5. The quantitative estimate of drug-likeness (QED) is 0.166. The van der Waals surface area contributed by atoms with Crippen molar-refractivity contribution in [2.24, 2.45) is 0 Å². The normalized spacial score (nSPS) is 12.1. The Morgan fingerprint density at radius 3 is 2.14 bits per heavy atom. The predicted octanol–water partition coefficient (Wildman–Crippen LogP) is 11.0. The number of benzene rings is 6. The Hall–Kier alpha value is -2.99. The average Bonchev–Trinajstić information content (AvgIpc) is 3.45. The second-order valence-corrected chi connectivity index (χ2v) is 12.4. The molecule has 0 aliphatic carbocycles. The van der Waals surface area contributed by atoms with Gasteiger partial charge in [-0.3, -0.25) is 0 Å². The van der Waals surface area contributed by atoms with Crippen LogP contribution in [0.25, 0.3) is 73.0 Å². The van der Waals surface area contributed by atoms with Gasteiger partial charge in [0.1, 0.15) is 0 Å². The van der Waals surface area contributed by atoms with Crippen LogP contribution in [0.5, 0.6) is 0 Å². The molecule has 0 aliphatic rings. The Labute approximate surface area is 223 Å². The van der Waals surface area contributed by atoms with Gasteiger partial charge >= 0.3 is 0 Å². The molecule has 2 heterocycles. The molecule has 6 aromatic carbocycles. The summed E-state index contributed by atoms with van der Waals surface area (Å²) >= 11 is 6.26. The van der Waals surface area contributed by atoms with Crippen molar-refractivity contribution in [3.63, 3.8) is 0 Å². The maximum Gasteiger partial charge on any atom is 0.0434 e. The SMILES string of the molecule is Ic1ccc(-c2ccc3sc4c5cc6sc7ccccc7c6cc5ccc4c3c2)c2ccccc12. The molecule has 0 atom stereocenters. The lowest BCUT2D eigenvalue weighted by Crippen LogP contribution is -1.84. The van der Waals surface area contributed by atoms with Crippen molar-refractivity contribution in [2.45, 2.75) is 0 Å². The number of thiophene rings is 2. The van der Waals surface area contributed by atoms with Gasteiger partial charge in [0, 0.05) is 49.3 Å². The second kappa shape index (κ2) is 7.50. The summed E-state index contributed by atoms with van der Waals surface area (Å²) in [7, 11) is 0. The third-order valence-corrected chi connectivity index (χ3v) is 10.4. The maximum atomic E-state index is 2.44. The van der Waals surface area contributed by atoms with Gasteiger partial charge in [-0.05, 0) is 86.3 Å². The van der Waals surface area contributed by atoms with Gasteiger partial charge in [-0.1, -0.05) is 66.7 Å². The number of rotatable bonds is 1. The number of hydrogen-bond donors (Lipinski definition) is 0. The van der Waals surface area contributed by atoms with Crippen molar-refractivity contribution in [1.82, 2.24) is 0 Å². The molecule has 0 unspecified atom stereocenters. The molecule has 3 heteroatoms. The highest BCUT2D eigenvalue weighted by Crippen LogP contribution is 2.44. The highest BCUT2D eigenvalue weighted by Gasteiger charge is 2.14. The van der Waals surface area contributed by atoms with E-state index in [1.54, 1.807) is 0 Å². The number of halogens is 1. The van der Waals surface area contributed by atoms with E-state index in [1.807, 2.05) is 22.7 Å². The van der Waals surface area contributed by atoms with Crippen LogP contribution < -0.4 is 0 Å². The van der Waals surface area contributed by atoms with Gasteiger partial charge in [-0.15, -0.1) is 22.7 Å². The smallest absolute Gasteiger partial charge is 0.0434 e. The molecule has 0 nitrogen and oxygen atoms in total. The van der Waals surface area contributed by atoms with Crippen molar-refractivity contribution in [2.75, 3.05) is 0 Å². The summed E-state index contributed by atoms with van der Waals surface area (Å²) in [4.78, 5) is 0. The highest BCUT2D eigenvalue weighted by atomic mass is 127. The minimum Gasteiger partial charge on any atom is -0.135 e. The first kappa shape index (κ1) is 20.2. The van der Waals surface area contributed by atoms with Crippen molar-refractivity contribution in [1.29, 1.82) is 0 Å². The molecule has 164 valence electrons. The zero-order valence-corrected chi connectivity index (χ0v) is 22.3. The Balaban J connectivity index is 1.40. The molecule has 0 saturated heterocycles. The third kappa shape index (κ3) is 2.95. The summed E-state index contributed by atoms with van der Waals surface area (Å²) in [6.07, 6.45) is 0. The lowest BCUT2D eigenvalue weighted by Gasteiger charge is -2.09. The van der Waals surface area contributed by atoms with Gasteiger partial charge in [0.15, 0.2) is 0 Å². The lowest BCUT2D eigenvalue weighted by atomic mass is 9.96. The van der Waals surface area contributed by atoms with E-state index in [-0.39, 0.29) is 0 Å². The van der Waals surface area contributed by atoms with E-state index in [0.717, 1.165) is 0 Å². The molecule has 0 radical (unpaired) electrons. The molecule has 8 aromatic rings. The first-order valence-corrected chi connectivity index (χ1v) is 14.3. The molecule has 2 aromatic heterocycles. The highest BCUT2D eigenvalue weighted by molar-refractivity contribution is 14.1. The standard InChI is InChI=1S/C32H17IS2/c33-28-13-12-20(21-5-1-2-6-22(21)28)18-10-14-30-27(15-18)24-11-9-19-16-26-23-7-3-4-8-29(23)34-31(26)17-25(19)32(24)35-30/h1-17H. The average molecular weight is 593 g/mol. The largest absolute Gasteiger partial charge is 0.135 e. The Morgan fingerprint density at radius 2 is 1.23 bits per heavy atom. The van der Waals surface area contributed by atoms with Gasteiger partial charge in [0.2, 0.25) is 0 Å². The lowest BCUT2D eigenvalue weighted by molar-refractivity contribution is 1.67. The third-order valence-electron chi connectivity index (χ3n) is 7.13. The topological polar surface area (TPSA) is 0 Å². The van der Waals surface area contributed by atoms with Gasteiger partial charge < -0.3 is 0 Å². The summed E-state index contributed by atoms with van der Waals surface area (Å²) in [5.74, 6) is 0. The van der Waals surface area contributed by atoms with E-state index in [1.165, 1.54) is 76.6 Å². The molecule has 0 amide bonds. The summed E-state index contributed by atoms with van der Waals surface area (Å²) in [6, 6.07) is 38.4. The van der Waals surface area contributed by atoms with E-state index in [2.05, 4.69) is 126 Å². The second-order valence-electron chi connectivity index (χ2n) is 9.06. The first-order chi connectivity index (χ1) is 17.2. The van der Waals surface area contributed by atoms with E-state index in [0.29, 0.717) is 0 Å². The van der Waals surface area contributed by atoms with Crippen LogP contribution in [-0.2, 0) is 0 Å². The van der Waals surface area contributed by atoms with Gasteiger partial charge in [0.25, 0.3) is 0 Å².